The van der Waals surface area contributed by atoms with E-state index in [9.17, 15) is 19.5 Å². The minimum absolute atomic E-state index is 0.115. The van der Waals surface area contributed by atoms with Gasteiger partial charge in [-0.3, -0.25) is 9.59 Å². The van der Waals surface area contributed by atoms with Crippen LogP contribution in [0.3, 0.4) is 0 Å². The Morgan fingerprint density at radius 2 is 1.81 bits per heavy atom. The lowest BCUT2D eigenvalue weighted by molar-refractivity contribution is -0.142. The van der Waals surface area contributed by atoms with Crippen LogP contribution in [-0.2, 0) is 9.59 Å². The van der Waals surface area contributed by atoms with Crippen molar-refractivity contribution >= 4 is 23.7 Å². The van der Waals surface area contributed by atoms with Crippen LogP contribution < -0.4 is 19.5 Å². The molecule has 1 aliphatic rings. The van der Waals surface area contributed by atoms with E-state index in [0.717, 1.165) is 5.56 Å². The molecule has 0 aromatic heterocycles. The first-order valence-corrected chi connectivity index (χ1v) is 10.1. The first kappa shape index (κ1) is 22.9. The van der Waals surface area contributed by atoms with Crippen LogP contribution in [0, 0.1) is 5.92 Å². The van der Waals surface area contributed by atoms with Crippen molar-refractivity contribution < 1.29 is 33.7 Å². The van der Waals surface area contributed by atoms with Crippen molar-refractivity contribution in [2.45, 2.75) is 26.3 Å². The number of hydrogen-bond acceptors (Lipinski definition) is 6. The highest BCUT2D eigenvalue weighted by atomic mass is 16.5. The average molecular weight is 439 g/mol. The predicted octanol–water partition coefficient (Wildman–Crippen LogP) is 3.31. The van der Waals surface area contributed by atoms with Crippen LogP contribution in [0.1, 0.15) is 36.2 Å². The molecule has 2 aromatic carbocycles. The first-order chi connectivity index (χ1) is 15.3. The van der Waals surface area contributed by atoms with Crippen LogP contribution in [0.25, 0.3) is 6.08 Å². The molecular weight excluding hydrogens is 414 g/mol. The number of carboxylic acids is 1. The zero-order valence-electron chi connectivity index (χ0n) is 18.1. The van der Waals surface area contributed by atoms with Crippen LogP contribution in [0.2, 0.25) is 0 Å². The molecule has 0 radical (unpaired) electrons. The summed E-state index contributed by atoms with van der Waals surface area (Å²) in [5.41, 5.74) is 1.17. The van der Waals surface area contributed by atoms with Crippen molar-refractivity contribution in [3.63, 3.8) is 0 Å². The van der Waals surface area contributed by atoms with Gasteiger partial charge in [0, 0.05) is 6.07 Å². The Kier molecular flexibility index (Phi) is 7.14. The van der Waals surface area contributed by atoms with Gasteiger partial charge in [-0.25, -0.2) is 4.79 Å². The van der Waals surface area contributed by atoms with Crippen LogP contribution in [0.5, 0.6) is 17.2 Å². The number of carbonyl (C=O) groups excluding carboxylic acids is 2. The quantitative estimate of drug-likeness (QED) is 0.577. The van der Waals surface area contributed by atoms with Crippen molar-refractivity contribution in [2.75, 3.05) is 13.7 Å². The normalized spacial score (nSPS) is 14.6. The van der Waals surface area contributed by atoms with E-state index < -0.39 is 17.9 Å². The van der Waals surface area contributed by atoms with Gasteiger partial charge in [0.15, 0.2) is 12.4 Å². The maximum Gasteiger partial charge on any atom is 0.326 e. The fourth-order valence-electron chi connectivity index (χ4n) is 3.19. The fraction of sp³-hybridized carbons (Fsp3) is 0.292. The van der Waals surface area contributed by atoms with Crippen molar-refractivity contribution in [3.8, 4) is 17.2 Å². The van der Waals surface area contributed by atoms with Gasteiger partial charge in [-0.15, -0.1) is 0 Å². The van der Waals surface area contributed by atoms with Crippen molar-refractivity contribution in [1.29, 1.82) is 0 Å². The summed E-state index contributed by atoms with van der Waals surface area (Å²) in [6, 6.07) is 10.9. The highest BCUT2D eigenvalue weighted by Crippen LogP contribution is 2.35. The smallest absolute Gasteiger partial charge is 0.326 e. The number of aliphatic carboxylic acids is 1. The standard InChI is InChI=1S/C24H25NO7/c1-14(2)10-19(24(28)29)25-22(26)13-31-17-8-9-18-20(12-17)32-21(23(18)27)11-15-4-6-16(30-3)7-5-15/h4-9,11-12,14,19H,10,13H2,1-3H3,(H,25,26)(H,28,29)/b21-11-/t19-/m0/s1. The summed E-state index contributed by atoms with van der Waals surface area (Å²) in [7, 11) is 1.58. The highest BCUT2D eigenvalue weighted by molar-refractivity contribution is 6.14. The summed E-state index contributed by atoms with van der Waals surface area (Å²) in [5, 5.41) is 11.7. The van der Waals surface area contributed by atoms with Gasteiger partial charge in [0.2, 0.25) is 5.78 Å². The average Bonchev–Trinajstić information content (AvgIpc) is 3.06. The van der Waals surface area contributed by atoms with E-state index in [1.807, 2.05) is 26.0 Å². The van der Waals surface area contributed by atoms with Gasteiger partial charge >= 0.3 is 5.97 Å². The second-order valence-corrected chi connectivity index (χ2v) is 7.75. The second kappa shape index (κ2) is 10.00. The van der Waals surface area contributed by atoms with Crippen molar-refractivity contribution in [3.05, 3.63) is 59.4 Å². The number of rotatable bonds is 9. The summed E-state index contributed by atoms with van der Waals surface area (Å²) in [6.45, 7) is 3.40. The molecule has 32 heavy (non-hydrogen) atoms. The van der Waals surface area contributed by atoms with Gasteiger partial charge in [0.25, 0.3) is 5.91 Å². The third kappa shape index (κ3) is 5.66. The predicted molar refractivity (Wildman–Crippen MR) is 117 cm³/mol. The molecule has 1 aliphatic heterocycles. The van der Waals surface area contributed by atoms with Crippen LogP contribution in [0.15, 0.2) is 48.2 Å². The zero-order chi connectivity index (χ0) is 23.3. The number of amides is 1. The lowest BCUT2D eigenvalue weighted by Crippen LogP contribution is -2.43. The Hall–Kier alpha value is -3.81. The number of Topliss-reactive ketones (excluding diaryl/α,β-unsaturated/α-hetero) is 1. The van der Waals surface area contributed by atoms with Crippen molar-refractivity contribution in [1.82, 2.24) is 5.32 Å². The SMILES string of the molecule is COc1ccc(/C=C2\Oc3cc(OCC(=O)N[C@@H](CC(C)C)C(=O)O)ccc3C2=O)cc1. The third-order valence-corrected chi connectivity index (χ3v) is 4.77. The van der Waals surface area contributed by atoms with Gasteiger partial charge in [-0.1, -0.05) is 26.0 Å². The van der Waals surface area contributed by atoms with Gasteiger partial charge < -0.3 is 24.6 Å². The minimum atomic E-state index is -1.09. The molecule has 0 saturated carbocycles. The lowest BCUT2D eigenvalue weighted by atomic mass is 10.0. The summed E-state index contributed by atoms with van der Waals surface area (Å²) >= 11 is 0. The second-order valence-electron chi connectivity index (χ2n) is 7.75. The number of allylic oxidation sites excluding steroid dienone is 1. The van der Waals surface area contributed by atoms with Crippen LogP contribution in [0.4, 0.5) is 0 Å². The molecule has 3 rings (SSSR count). The molecule has 0 unspecified atom stereocenters. The monoisotopic (exact) mass is 439 g/mol. The lowest BCUT2D eigenvalue weighted by Gasteiger charge is -2.16. The largest absolute Gasteiger partial charge is 0.497 e. The molecule has 2 aromatic rings. The van der Waals surface area contributed by atoms with Crippen molar-refractivity contribution in [2.24, 2.45) is 5.92 Å². The molecule has 2 N–H and O–H groups in total. The van der Waals surface area contributed by atoms with E-state index in [1.165, 1.54) is 6.07 Å². The van der Waals surface area contributed by atoms with E-state index in [2.05, 4.69) is 5.32 Å². The maximum absolute atomic E-state index is 12.6. The van der Waals surface area contributed by atoms with E-state index in [4.69, 9.17) is 14.2 Å². The Morgan fingerprint density at radius 1 is 1.12 bits per heavy atom. The van der Waals surface area contributed by atoms with E-state index in [0.29, 0.717) is 29.2 Å². The number of carboxylic acid groups (broad SMARTS) is 1. The molecule has 8 heteroatoms. The summed E-state index contributed by atoms with van der Waals surface area (Å²) in [4.78, 5) is 36.0. The molecule has 8 nitrogen and oxygen atoms in total. The van der Waals surface area contributed by atoms with Gasteiger partial charge in [-0.05, 0) is 48.2 Å². The van der Waals surface area contributed by atoms with E-state index in [-0.39, 0.29) is 24.1 Å². The molecular formula is C24H25NO7. The number of nitrogens with one attached hydrogen (secondary N) is 1. The Labute approximate surface area is 185 Å². The molecule has 0 aliphatic carbocycles. The Morgan fingerprint density at radius 3 is 2.44 bits per heavy atom. The van der Waals surface area contributed by atoms with Gasteiger partial charge in [-0.2, -0.15) is 0 Å². The number of carbonyl (C=O) groups is 3. The number of fused-ring (bicyclic) bond motifs is 1. The van der Waals surface area contributed by atoms with E-state index in [1.54, 1.807) is 37.5 Å². The Bertz CT molecular complexity index is 1040. The molecule has 168 valence electrons. The number of hydrogen-bond donors (Lipinski definition) is 2. The number of ether oxygens (including phenoxy) is 3. The van der Waals surface area contributed by atoms with Crippen LogP contribution in [-0.4, -0.2) is 42.5 Å². The number of ketones is 1. The van der Waals surface area contributed by atoms with Gasteiger partial charge in [0.1, 0.15) is 23.3 Å². The molecule has 1 heterocycles. The molecule has 0 fully saturated rings. The topological polar surface area (TPSA) is 111 Å². The first-order valence-electron chi connectivity index (χ1n) is 10.1. The van der Waals surface area contributed by atoms with Crippen LogP contribution >= 0.6 is 0 Å². The summed E-state index contributed by atoms with van der Waals surface area (Å²) in [6.07, 6.45) is 1.95. The highest BCUT2D eigenvalue weighted by Gasteiger charge is 2.28. The number of methoxy groups -OCH3 is 1. The minimum Gasteiger partial charge on any atom is -0.497 e. The molecule has 1 amide bonds. The zero-order valence-corrected chi connectivity index (χ0v) is 18.1. The number of benzene rings is 2. The summed E-state index contributed by atoms with van der Waals surface area (Å²) < 4.78 is 16.3. The maximum atomic E-state index is 12.6. The molecule has 0 bridgehead atoms. The Balaban J connectivity index is 1.63. The fourth-order valence-corrected chi connectivity index (χ4v) is 3.19. The van der Waals surface area contributed by atoms with E-state index >= 15 is 0 Å². The molecule has 0 saturated heterocycles. The van der Waals surface area contributed by atoms with Gasteiger partial charge in [0.05, 0.1) is 12.7 Å². The summed E-state index contributed by atoms with van der Waals surface area (Å²) in [5.74, 6) is -0.230. The third-order valence-electron chi connectivity index (χ3n) is 4.77. The molecule has 1 atom stereocenters. The molecule has 0 spiro atoms.